The van der Waals surface area contributed by atoms with Crippen LogP contribution in [0.3, 0.4) is 0 Å². The van der Waals surface area contributed by atoms with E-state index in [0.717, 1.165) is 18.0 Å². The molecule has 0 spiro atoms. The summed E-state index contributed by atoms with van der Waals surface area (Å²) in [6.07, 6.45) is 4.22. The minimum atomic E-state index is -3.39. The van der Waals surface area contributed by atoms with E-state index in [0.29, 0.717) is 5.69 Å². The van der Waals surface area contributed by atoms with Gasteiger partial charge in [0.05, 0.1) is 28.0 Å². The second kappa shape index (κ2) is 5.77. The number of benzene rings is 1. The fourth-order valence-corrected chi connectivity index (χ4v) is 2.64. The molecule has 0 radical (unpaired) electrons. The van der Waals surface area contributed by atoms with Gasteiger partial charge in [0.25, 0.3) is 0 Å². The molecule has 2 aromatic rings. The summed E-state index contributed by atoms with van der Waals surface area (Å²) in [6.45, 7) is 3.62. The minimum absolute atomic E-state index is 0.0643. The molecule has 1 N–H and O–H groups in total. The number of nitrogens with one attached hydrogen (secondary N) is 1. The third kappa shape index (κ3) is 3.55. The quantitative estimate of drug-likeness (QED) is 0.879. The lowest BCUT2D eigenvalue weighted by molar-refractivity contribution is 0.600. The zero-order valence-electron chi connectivity index (χ0n) is 12.0. The smallest absolute Gasteiger partial charge is 0.175 e. The number of anilines is 1. The predicted molar refractivity (Wildman–Crippen MR) is 78.3 cm³/mol. The molecule has 7 heteroatoms. The molecule has 0 saturated carbocycles. The maximum absolute atomic E-state index is 13.8. The highest BCUT2D eigenvalue weighted by atomic mass is 32.2. The standard InChI is InChI=1S/C14H16FN3O2S/c1-9-14(17-7-6-16-9)10(2)18-13-8-11(21(3,19)20)4-5-12(13)15/h4-8,10,18H,1-3H3. The molecule has 5 nitrogen and oxygen atoms in total. The molecule has 0 amide bonds. The van der Waals surface area contributed by atoms with E-state index in [2.05, 4.69) is 15.3 Å². The lowest BCUT2D eigenvalue weighted by Crippen LogP contribution is -2.12. The van der Waals surface area contributed by atoms with Crippen molar-refractivity contribution >= 4 is 15.5 Å². The fraction of sp³-hybridized carbons (Fsp3) is 0.286. The van der Waals surface area contributed by atoms with Crippen LogP contribution in [0.1, 0.15) is 24.4 Å². The average Bonchev–Trinajstić information content (AvgIpc) is 2.40. The van der Waals surface area contributed by atoms with E-state index in [9.17, 15) is 12.8 Å². The van der Waals surface area contributed by atoms with Crippen molar-refractivity contribution < 1.29 is 12.8 Å². The highest BCUT2D eigenvalue weighted by molar-refractivity contribution is 7.90. The van der Waals surface area contributed by atoms with Crippen molar-refractivity contribution in [3.63, 3.8) is 0 Å². The molecule has 1 aromatic carbocycles. The fourth-order valence-electron chi connectivity index (χ4n) is 1.99. The Labute approximate surface area is 123 Å². The van der Waals surface area contributed by atoms with Crippen LogP contribution in [-0.2, 0) is 9.84 Å². The van der Waals surface area contributed by atoms with Gasteiger partial charge in [-0.2, -0.15) is 0 Å². The normalized spacial score (nSPS) is 13.0. The van der Waals surface area contributed by atoms with E-state index < -0.39 is 15.7 Å². The number of hydrogen-bond acceptors (Lipinski definition) is 5. The third-order valence-corrected chi connectivity index (χ3v) is 4.18. The molecular weight excluding hydrogens is 293 g/mol. The monoisotopic (exact) mass is 309 g/mol. The molecular formula is C14H16FN3O2S. The van der Waals surface area contributed by atoms with E-state index in [1.165, 1.54) is 12.1 Å². The van der Waals surface area contributed by atoms with Gasteiger partial charge in [-0.05, 0) is 32.0 Å². The van der Waals surface area contributed by atoms with E-state index in [-0.39, 0.29) is 16.6 Å². The Bertz CT molecular complexity index is 763. The second-order valence-electron chi connectivity index (χ2n) is 4.81. The van der Waals surface area contributed by atoms with Crippen molar-refractivity contribution in [1.29, 1.82) is 0 Å². The molecule has 0 aliphatic heterocycles. The number of nitrogens with zero attached hydrogens (tertiary/aromatic N) is 2. The van der Waals surface area contributed by atoms with Gasteiger partial charge in [0.15, 0.2) is 9.84 Å². The van der Waals surface area contributed by atoms with Gasteiger partial charge in [0, 0.05) is 18.6 Å². The second-order valence-corrected chi connectivity index (χ2v) is 6.82. The molecule has 1 atom stereocenters. The van der Waals surface area contributed by atoms with Gasteiger partial charge in [-0.15, -0.1) is 0 Å². The summed E-state index contributed by atoms with van der Waals surface area (Å²) in [7, 11) is -3.39. The number of rotatable bonds is 4. The summed E-state index contributed by atoms with van der Waals surface area (Å²) >= 11 is 0. The highest BCUT2D eigenvalue weighted by Gasteiger charge is 2.15. The largest absolute Gasteiger partial charge is 0.374 e. The van der Waals surface area contributed by atoms with Crippen LogP contribution < -0.4 is 5.32 Å². The van der Waals surface area contributed by atoms with Gasteiger partial charge >= 0.3 is 0 Å². The molecule has 0 saturated heterocycles. The highest BCUT2D eigenvalue weighted by Crippen LogP contribution is 2.24. The molecule has 1 aromatic heterocycles. The van der Waals surface area contributed by atoms with Crippen molar-refractivity contribution in [2.24, 2.45) is 0 Å². The van der Waals surface area contributed by atoms with Gasteiger partial charge in [-0.1, -0.05) is 0 Å². The van der Waals surface area contributed by atoms with Crippen LogP contribution in [0, 0.1) is 12.7 Å². The van der Waals surface area contributed by atoms with Gasteiger partial charge < -0.3 is 5.32 Å². The Morgan fingerprint density at radius 1 is 1.24 bits per heavy atom. The molecule has 0 fully saturated rings. The number of halogens is 1. The van der Waals surface area contributed by atoms with Crippen LogP contribution in [0.25, 0.3) is 0 Å². The topological polar surface area (TPSA) is 72.0 Å². The molecule has 0 bridgehead atoms. The van der Waals surface area contributed by atoms with Crippen LogP contribution in [-0.4, -0.2) is 24.6 Å². The summed E-state index contributed by atoms with van der Waals surface area (Å²) in [4.78, 5) is 8.40. The van der Waals surface area contributed by atoms with E-state index in [1.807, 2.05) is 13.8 Å². The summed E-state index contributed by atoms with van der Waals surface area (Å²) < 4.78 is 36.9. The summed E-state index contributed by atoms with van der Waals surface area (Å²) in [5.41, 5.74) is 1.54. The molecule has 0 aliphatic rings. The van der Waals surface area contributed by atoms with Gasteiger partial charge in [-0.25, -0.2) is 12.8 Å². The van der Waals surface area contributed by atoms with E-state index in [4.69, 9.17) is 0 Å². The number of aryl methyl sites for hydroxylation is 1. The Morgan fingerprint density at radius 2 is 1.90 bits per heavy atom. The predicted octanol–water partition coefficient (Wildman–Crippen LogP) is 2.50. The lowest BCUT2D eigenvalue weighted by atomic mass is 10.1. The van der Waals surface area contributed by atoms with Crippen LogP contribution >= 0.6 is 0 Å². The van der Waals surface area contributed by atoms with Crippen LogP contribution in [0.2, 0.25) is 0 Å². The Balaban J connectivity index is 2.33. The van der Waals surface area contributed by atoms with Gasteiger partial charge in [-0.3, -0.25) is 9.97 Å². The van der Waals surface area contributed by atoms with Crippen molar-refractivity contribution in [3.8, 4) is 0 Å². The minimum Gasteiger partial charge on any atom is -0.374 e. The SMILES string of the molecule is Cc1nccnc1C(C)Nc1cc(S(C)(=O)=O)ccc1F. The summed E-state index contributed by atoms with van der Waals surface area (Å²) in [6, 6.07) is 3.36. The Hall–Kier alpha value is -2.02. The van der Waals surface area contributed by atoms with Crippen LogP contribution in [0.15, 0.2) is 35.5 Å². The first-order valence-corrected chi connectivity index (χ1v) is 8.22. The molecule has 1 heterocycles. The number of sulfone groups is 1. The molecule has 1 unspecified atom stereocenters. The van der Waals surface area contributed by atoms with Crippen molar-refractivity contribution in [1.82, 2.24) is 9.97 Å². The number of aromatic nitrogens is 2. The van der Waals surface area contributed by atoms with Crippen LogP contribution in [0.4, 0.5) is 10.1 Å². The molecule has 21 heavy (non-hydrogen) atoms. The third-order valence-electron chi connectivity index (χ3n) is 3.07. The lowest BCUT2D eigenvalue weighted by Gasteiger charge is -2.17. The van der Waals surface area contributed by atoms with Gasteiger partial charge in [0.1, 0.15) is 5.82 Å². The van der Waals surface area contributed by atoms with Gasteiger partial charge in [0.2, 0.25) is 0 Å². The maximum Gasteiger partial charge on any atom is 0.175 e. The van der Waals surface area contributed by atoms with Crippen molar-refractivity contribution in [2.75, 3.05) is 11.6 Å². The maximum atomic E-state index is 13.8. The van der Waals surface area contributed by atoms with Crippen molar-refractivity contribution in [3.05, 3.63) is 47.8 Å². The summed E-state index contributed by atoms with van der Waals surface area (Å²) in [5.74, 6) is -0.518. The molecule has 2 rings (SSSR count). The zero-order chi connectivity index (χ0) is 15.6. The number of hydrogen-bond donors (Lipinski definition) is 1. The first kappa shape index (κ1) is 15.4. The summed E-state index contributed by atoms with van der Waals surface area (Å²) in [5, 5.41) is 2.94. The first-order chi connectivity index (χ1) is 9.79. The van der Waals surface area contributed by atoms with Crippen molar-refractivity contribution in [2.45, 2.75) is 24.8 Å². The Morgan fingerprint density at radius 3 is 2.52 bits per heavy atom. The zero-order valence-corrected chi connectivity index (χ0v) is 12.8. The molecule has 112 valence electrons. The first-order valence-electron chi connectivity index (χ1n) is 6.32. The van der Waals surface area contributed by atoms with Crippen LogP contribution in [0.5, 0.6) is 0 Å². The van der Waals surface area contributed by atoms with E-state index >= 15 is 0 Å². The Kier molecular flexibility index (Phi) is 4.22. The molecule has 0 aliphatic carbocycles. The average molecular weight is 309 g/mol. The van der Waals surface area contributed by atoms with E-state index in [1.54, 1.807) is 12.4 Å².